The third-order valence-electron chi connectivity index (χ3n) is 9.56. The van der Waals surface area contributed by atoms with E-state index in [-0.39, 0.29) is 17.8 Å². The van der Waals surface area contributed by atoms with E-state index in [0.717, 1.165) is 12.8 Å². The highest BCUT2D eigenvalue weighted by Gasteiger charge is 2.48. The molecule has 1 aliphatic heterocycles. The van der Waals surface area contributed by atoms with Gasteiger partial charge in [-0.15, -0.1) is 0 Å². The summed E-state index contributed by atoms with van der Waals surface area (Å²) in [6.45, 7) is 16.3. The fraction of sp³-hybridized carbons (Fsp3) is 0.686. The molecule has 1 saturated carbocycles. The van der Waals surface area contributed by atoms with Crippen LogP contribution in [0.4, 0.5) is 4.79 Å². The molecule has 49 heavy (non-hydrogen) atoms. The summed E-state index contributed by atoms with van der Waals surface area (Å²) >= 11 is -2.13. The van der Waals surface area contributed by atoms with Gasteiger partial charge in [0.15, 0.2) is 11.1 Å². The zero-order valence-corrected chi connectivity index (χ0v) is 30.9. The maximum Gasteiger partial charge on any atom is 0.315 e. The Morgan fingerprint density at radius 1 is 0.959 bits per heavy atom. The summed E-state index contributed by atoms with van der Waals surface area (Å²) in [5.41, 5.74) is 4.84. The highest BCUT2D eigenvalue weighted by Crippen LogP contribution is 2.35. The van der Waals surface area contributed by atoms with E-state index in [9.17, 15) is 32.7 Å². The first-order valence-electron chi connectivity index (χ1n) is 17.1. The van der Waals surface area contributed by atoms with Crippen molar-refractivity contribution in [2.45, 2.75) is 117 Å². The third kappa shape index (κ3) is 11.1. The number of nitrogens with zero attached hydrogens (tertiary/aromatic N) is 1. The second-order valence-electron chi connectivity index (χ2n) is 16.0. The van der Waals surface area contributed by atoms with Crippen molar-refractivity contribution in [3.05, 3.63) is 29.8 Å². The van der Waals surface area contributed by atoms with E-state index in [1.807, 2.05) is 55.4 Å². The lowest BCUT2D eigenvalue weighted by Crippen LogP contribution is -2.62. The number of ketones is 1. The average Bonchev–Trinajstić information content (AvgIpc) is 3.70. The molecule has 2 fully saturated rings. The maximum absolute atomic E-state index is 14.3. The van der Waals surface area contributed by atoms with Crippen molar-refractivity contribution in [3.63, 3.8) is 0 Å². The lowest BCUT2D eigenvalue weighted by molar-refractivity contribution is -0.144. The molecule has 274 valence electrons. The zero-order chi connectivity index (χ0) is 36.8. The van der Waals surface area contributed by atoms with Gasteiger partial charge in [0, 0.05) is 25.7 Å². The largest absolute Gasteiger partial charge is 0.363 e. The molecule has 2 unspecified atom stereocenters. The van der Waals surface area contributed by atoms with Crippen LogP contribution >= 0.6 is 0 Å². The summed E-state index contributed by atoms with van der Waals surface area (Å²) in [7, 11) is 0. The number of benzene rings is 1. The molecule has 5 amide bonds. The fourth-order valence-electron chi connectivity index (χ4n) is 6.34. The van der Waals surface area contributed by atoms with Crippen molar-refractivity contribution in [1.82, 2.24) is 26.2 Å². The number of carbonyl (C=O) groups excluding carboxylic acids is 5. The number of hydrogen-bond donors (Lipinski definition) is 6. The summed E-state index contributed by atoms with van der Waals surface area (Å²) in [6.07, 6.45) is 2.71. The molecule has 14 heteroatoms. The van der Waals surface area contributed by atoms with Crippen LogP contribution in [0.15, 0.2) is 29.2 Å². The number of urea groups is 1. The molecule has 1 saturated heterocycles. The molecule has 0 spiro atoms. The van der Waals surface area contributed by atoms with Crippen LogP contribution in [-0.4, -0.2) is 80.5 Å². The highest BCUT2D eigenvalue weighted by molar-refractivity contribution is 7.79. The van der Waals surface area contributed by atoms with Gasteiger partial charge in [0.2, 0.25) is 17.6 Å². The van der Waals surface area contributed by atoms with E-state index in [1.165, 1.54) is 4.90 Å². The number of primary amides is 1. The van der Waals surface area contributed by atoms with Gasteiger partial charge in [0.05, 0.1) is 10.9 Å². The van der Waals surface area contributed by atoms with Crippen LogP contribution in [0.1, 0.15) is 86.6 Å². The minimum absolute atomic E-state index is 0.0380. The fourth-order valence-corrected chi connectivity index (χ4v) is 6.89. The molecule has 1 aromatic rings. The van der Waals surface area contributed by atoms with Crippen LogP contribution in [0, 0.1) is 28.6 Å². The van der Waals surface area contributed by atoms with Gasteiger partial charge in [0.25, 0.3) is 5.91 Å². The van der Waals surface area contributed by atoms with E-state index in [4.69, 9.17) is 5.73 Å². The molecule has 2 aliphatic rings. The van der Waals surface area contributed by atoms with Crippen molar-refractivity contribution in [3.8, 4) is 0 Å². The predicted molar refractivity (Wildman–Crippen MR) is 187 cm³/mol. The first kappa shape index (κ1) is 40.1. The van der Waals surface area contributed by atoms with Gasteiger partial charge < -0.3 is 36.5 Å². The lowest BCUT2D eigenvalue weighted by Gasteiger charge is -2.38. The van der Waals surface area contributed by atoms with Gasteiger partial charge >= 0.3 is 6.03 Å². The number of carbonyl (C=O) groups is 5. The molecule has 0 radical (unpaired) electrons. The van der Waals surface area contributed by atoms with Gasteiger partial charge in [-0.2, -0.15) is 0 Å². The van der Waals surface area contributed by atoms with E-state index in [0.29, 0.717) is 42.9 Å². The molecule has 6 atom stereocenters. The summed E-state index contributed by atoms with van der Waals surface area (Å²) < 4.78 is 21.4. The van der Waals surface area contributed by atoms with Crippen molar-refractivity contribution in [1.29, 1.82) is 0 Å². The van der Waals surface area contributed by atoms with E-state index in [2.05, 4.69) is 21.3 Å². The molecule has 3 rings (SSSR count). The van der Waals surface area contributed by atoms with Gasteiger partial charge in [-0.1, -0.05) is 86.4 Å². The Morgan fingerprint density at radius 3 is 2.12 bits per heavy atom. The Morgan fingerprint density at radius 2 is 1.59 bits per heavy atom. The van der Waals surface area contributed by atoms with Crippen LogP contribution in [0.3, 0.4) is 0 Å². The monoisotopic (exact) mass is 704 g/mol. The van der Waals surface area contributed by atoms with Gasteiger partial charge in [-0.3, -0.25) is 19.2 Å². The molecule has 13 nitrogen and oxygen atoms in total. The minimum atomic E-state index is -2.13. The SMILES string of the molecule is CC(C)[C@H]1CCN(C(=O)[C@@H](NC(=O)N[C@H](CNCc2ccccc2S(=O)O)C(C)(C)C)C(C)(C)C)[C@@H]1C(=O)NC(CC1CC1)C(=O)C(N)=O. The van der Waals surface area contributed by atoms with Crippen LogP contribution in [0.2, 0.25) is 0 Å². The number of hydrogen-bond acceptors (Lipinski definition) is 7. The number of nitrogens with one attached hydrogen (secondary N) is 4. The molecular formula is C35H56N6O7S. The van der Waals surface area contributed by atoms with E-state index < -0.39 is 75.6 Å². The Balaban J connectivity index is 1.77. The van der Waals surface area contributed by atoms with Crippen molar-refractivity contribution in [2.24, 2.45) is 34.3 Å². The molecular weight excluding hydrogens is 648 g/mol. The van der Waals surface area contributed by atoms with Crippen LogP contribution < -0.4 is 27.0 Å². The van der Waals surface area contributed by atoms with Crippen LogP contribution in [-0.2, 0) is 36.8 Å². The zero-order valence-electron chi connectivity index (χ0n) is 30.1. The number of likely N-dealkylation sites (tertiary alicyclic amines) is 1. The highest BCUT2D eigenvalue weighted by atomic mass is 32.2. The second-order valence-corrected chi connectivity index (χ2v) is 16.9. The number of nitrogens with two attached hydrogens (primary N) is 1. The molecule has 0 aromatic heterocycles. The summed E-state index contributed by atoms with van der Waals surface area (Å²) in [5.74, 6) is -2.80. The summed E-state index contributed by atoms with van der Waals surface area (Å²) in [5, 5.41) is 11.9. The second kappa shape index (κ2) is 16.6. The van der Waals surface area contributed by atoms with Gasteiger partial charge in [0.1, 0.15) is 12.1 Å². The molecule has 1 aliphatic carbocycles. The van der Waals surface area contributed by atoms with Crippen molar-refractivity contribution in [2.75, 3.05) is 13.1 Å². The first-order valence-corrected chi connectivity index (χ1v) is 18.2. The number of Topliss-reactive ketones (excluding diaryl/α,β-unsaturated/α-hetero) is 1. The summed E-state index contributed by atoms with van der Waals surface area (Å²) in [6, 6.07) is 2.95. The predicted octanol–water partition coefficient (Wildman–Crippen LogP) is 2.70. The first-order chi connectivity index (χ1) is 22.7. The molecule has 7 N–H and O–H groups in total. The quantitative estimate of drug-likeness (QED) is 0.118. The van der Waals surface area contributed by atoms with Gasteiger partial charge in [-0.05, 0) is 53.1 Å². The Hall–Kier alpha value is -3.36. The number of amides is 5. The lowest BCUT2D eigenvalue weighted by atomic mass is 9.84. The smallest absolute Gasteiger partial charge is 0.315 e. The Kier molecular flexibility index (Phi) is 13.5. The topological polar surface area (TPSA) is 200 Å². The molecule has 1 heterocycles. The van der Waals surface area contributed by atoms with Crippen LogP contribution in [0.25, 0.3) is 0 Å². The molecule has 1 aromatic carbocycles. The average molecular weight is 705 g/mol. The van der Waals surface area contributed by atoms with Crippen molar-refractivity contribution >= 4 is 40.6 Å². The Bertz CT molecular complexity index is 1400. The third-order valence-corrected chi connectivity index (χ3v) is 10.3. The van der Waals surface area contributed by atoms with Gasteiger partial charge in [-0.25, -0.2) is 9.00 Å². The van der Waals surface area contributed by atoms with Crippen molar-refractivity contribution < 1.29 is 32.7 Å². The molecule has 0 bridgehead atoms. The minimum Gasteiger partial charge on any atom is -0.363 e. The van der Waals surface area contributed by atoms with Crippen LogP contribution in [0.5, 0.6) is 0 Å². The standard InChI is InChI=1S/C35H56N6O7S/c1-20(2)23-15-16-41(27(23)31(44)38-24(17-21-13-14-21)28(42)30(36)43)32(45)29(35(6,7)8)40-33(46)39-26(34(3,4)5)19-37-18-22-11-9-10-12-25(22)49(47)48/h9-12,20-21,23-24,26-27,29,37H,13-19H2,1-8H3,(H2,36,43)(H,38,44)(H,47,48)(H2,39,40,46)/t23-,24?,26-,27+,29-/m1/s1. The number of rotatable bonds is 15. The summed E-state index contributed by atoms with van der Waals surface area (Å²) in [4.78, 5) is 68.0. The van der Waals surface area contributed by atoms with E-state index >= 15 is 0 Å². The Labute approximate surface area is 292 Å². The van der Waals surface area contributed by atoms with E-state index in [1.54, 1.807) is 24.3 Å². The normalized spacial score (nSPS) is 20.7. The maximum atomic E-state index is 14.3.